The molecule has 0 spiro atoms. The second kappa shape index (κ2) is 7.07. The molecule has 2 heteroatoms. The lowest BCUT2D eigenvalue weighted by Gasteiger charge is -2.11. The highest BCUT2D eigenvalue weighted by Crippen LogP contribution is 2.20. The van der Waals surface area contributed by atoms with Gasteiger partial charge in [-0.25, -0.2) is 0 Å². The Kier molecular flexibility index (Phi) is 5.15. The van der Waals surface area contributed by atoms with E-state index in [0.717, 1.165) is 17.7 Å². The number of carbonyl (C=O) groups excluding carboxylic acids is 1. The van der Waals surface area contributed by atoms with Gasteiger partial charge in [-0.05, 0) is 36.6 Å². The van der Waals surface area contributed by atoms with Crippen LogP contribution in [0.25, 0.3) is 0 Å². The Labute approximate surface area is 126 Å². The largest absolute Gasteiger partial charge is 0.497 e. The van der Waals surface area contributed by atoms with Crippen LogP contribution in [0.15, 0.2) is 48.5 Å². The number of Topliss-reactive ketones (excluding diaryl/α,β-unsaturated/α-hetero) is 1. The summed E-state index contributed by atoms with van der Waals surface area (Å²) >= 11 is 0. The zero-order valence-electron chi connectivity index (χ0n) is 12.9. The van der Waals surface area contributed by atoms with Crippen molar-refractivity contribution in [1.82, 2.24) is 0 Å². The average molecular weight is 282 g/mol. The van der Waals surface area contributed by atoms with Crippen LogP contribution in [-0.2, 0) is 11.2 Å². The molecule has 21 heavy (non-hydrogen) atoms. The van der Waals surface area contributed by atoms with Crippen molar-refractivity contribution in [2.75, 3.05) is 7.11 Å². The summed E-state index contributed by atoms with van der Waals surface area (Å²) in [7, 11) is 1.65. The van der Waals surface area contributed by atoms with Crippen LogP contribution in [0.3, 0.4) is 0 Å². The second-order valence-corrected chi connectivity index (χ2v) is 5.45. The molecule has 110 valence electrons. The third kappa shape index (κ3) is 4.19. The van der Waals surface area contributed by atoms with Crippen LogP contribution in [-0.4, -0.2) is 12.9 Å². The Morgan fingerprint density at radius 1 is 1.05 bits per heavy atom. The Bertz CT molecular complexity index is 582. The van der Waals surface area contributed by atoms with Crippen LogP contribution in [0.5, 0.6) is 5.75 Å². The minimum Gasteiger partial charge on any atom is -0.497 e. The molecule has 2 nitrogen and oxygen atoms in total. The van der Waals surface area contributed by atoms with E-state index in [0.29, 0.717) is 6.42 Å². The second-order valence-electron chi connectivity index (χ2n) is 5.45. The predicted octanol–water partition coefficient (Wildman–Crippen LogP) is 4.31. The molecule has 0 bridgehead atoms. The molecular formula is C19H22O2. The van der Waals surface area contributed by atoms with Gasteiger partial charge in [0, 0.05) is 12.3 Å². The molecule has 0 radical (unpaired) electrons. The molecule has 1 atom stereocenters. The molecule has 2 aromatic rings. The van der Waals surface area contributed by atoms with Crippen molar-refractivity contribution < 1.29 is 9.53 Å². The van der Waals surface area contributed by atoms with Gasteiger partial charge in [-0.3, -0.25) is 4.79 Å². The standard InChI is InChI=1S/C19H22O2/c1-14-4-9-17(10-5-14)15(2)19(20)13-8-16-6-11-18(21-3)12-7-16/h4-7,9-12,15H,8,13H2,1-3H3/t15-/m1/s1. The summed E-state index contributed by atoms with van der Waals surface area (Å²) in [5, 5.41) is 0. The maximum absolute atomic E-state index is 12.3. The number of hydrogen-bond acceptors (Lipinski definition) is 2. The minimum atomic E-state index is -0.0381. The SMILES string of the molecule is COc1ccc(CCC(=O)[C@H](C)c2ccc(C)cc2)cc1. The van der Waals surface area contributed by atoms with Gasteiger partial charge in [0.05, 0.1) is 7.11 Å². The molecule has 0 fully saturated rings. The maximum Gasteiger partial charge on any atom is 0.140 e. The lowest BCUT2D eigenvalue weighted by atomic mass is 9.92. The normalized spacial score (nSPS) is 12.0. The van der Waals surface area contributed by atoms with Gasteiger partial charge in [0.2, 0.25) is 0 Å². The predicted molar refractivity (Wildman–Crippen MR) is 85.9 cm³/mol. The van der Waals surface area contributed by atoms with E-state index < -0.39 is 0 Å². The number of methoxy groups -OCH3 is 1. The molecule has 0 aliphatic carbocycles. The fraction of sp³-hybridized carbons (Fsp3) is 0.316. The first-order valence-electron chi connectivity index (χ1n) is 7.32. The molecule has 0 N–H and O–H groups in total. The highest BCUT2D eigenvalue weighted by molar-refractivity contribution is 5.85. The Morgan fingerprint density at radius 3 is 2.24 bits per heavy atom. The molecule has 0 heterocycles. The number of aryl methyl sites for hydroxylation is 2. The third-order valence-electron chi connectivity index (χ3n) is 3.88. The Hall–Kier alpha value is -2.09. The van der Waals surface area contributed by atoms with Crippen LogP contribution in [0.4, 0.5) is 0 Å². The fourth-order valence-corrected chi connectivity index (χ4v) is 2.32. The van der Waals surface area contributed by atoms with Crippen molar-refractivity contribution in [3.05, 3.63) is 65.2 Å². The summed E-state index contributed by atoms with van der Waals surface area (Å²) in [6.07, 6.45) is 1.35. The van der Waals surface area contributed by atoms with Crippen LogP contribution < -0.4 is 4.74 Å². The quantitative estimate of drug-likeness (QED) is 0.789. The highest BCUT2D eigenvalue weighted by atomic mass is 16.5. The number of ketones is 1. The van der Waals surface area contributed by atoms with E-state index >= 15 is 0 Å². The summed E-state index contributed by atoms with van der Waals surface area (Å²) in [4.78, 5) is 12.3. The van der Waals surface area contributed by atoms with Gasteiger partial charge >= 0.3 is 0 Å². The highest BCUT2D eigenvalue weighted by Gasteiger charge is 2.14. The molecule has 0 amide bonds. The lowest BCUT2D eigenvalue weighted by Crippen LogP contribution is -2.10. The zero-order valence-corrected chi connectivity index (χ0v) is 12.9. The third-order valence-corrected chi connectivity index (χ3v) is 3.88. The van der Waals surface area contributed by atoms with E-state index in [-0.39, 0.29) is 11.7 Å². The van der Waals surface area contributed by atoms with Gasteiger partial charge in [0.25, 0.3) is 0 Å². The van der Waals surface area contributed by atoms with Gasteiger partial charge in [0.15, 0.2) is 0 Å². The summed E-state index contributed by atoms with van der Waals surface area (Å²) in [5.41, 5.74) is 3.48. The van der Waals surface area contributed by atoms with E-state index in [1.165, 1.54) is 11.1 Å². The van der Waals surface area contributed by atoms with E-state index in [2.05, 4.69) is 19.1 Å². The van der Waals surface area contributed by atoms with Gasteiger partial charge in [0.1, 0.15) is 11.5 Å². The van der Waals surface area contributed by atoms with Gasteiger partial charge < -0.3 is 4.74 Å². The molecule has 0 unspecified atom stereocenters. The van der Waals surface area contributed by atoms with Crippen molar-refractivity contribution in [2.45, 2.75) is 32.6 Å². The fourth-order valence-electron chi connectivity index (χ4n) is 2.32. The maximum atomic E-state index is 12.3. The van der Waals surface area contributed by atoms with Crippen molar-refractivity contribution in [1.29, 1.82) is 0 Å². The van der Waals surface area contributed by atoms with Gasteiger partial charge in [-0.2, -0.15) is 0 Å². The summed E-state index contributed by atoms with van der Waals surface area (Å²) < 4.78 is 5.13. The number of ether oxygens (including phenoxy) is 1. The minimum absolute atomic E-state index is 0.0381. The van der Waals surface area contributed by atoms with Crippen LogP contribution in [0.2, 0.25) is 0 Å². The molecule has 0 aliphatic rings. The van der Waals surface area contributed by atoms with E-state index in [1.54, 1.807) is 7.11 Å². The summed E-state index contributed by atoms with van der Waals surface area (Å²) in [6.45, 7) is 4.04. The van der Waals surface area contributed by atoms with Crippen LogP contribution >= 0.6 is 0 Å². The molecule has 0 saturated heterocycles. The van der Waals surface area contributed by atoms with E-state index in [4.69, 9.17) is 4.74 Å². The lowest BCUT2D eigenvalue weighted by molar-refractivity contribution is -0.120. The molecule has 0 aliphatic heterocycles. The molecule has 2 rings (SSSR count). The first-order valence-corrected chi connectivity index (χ1v) is 7.32. The van der Waals surface area contributed by atoms with Crippen molar-refractivity contribution in [3.8, 4) is 5.75 Å². The number of rotatable bonds is 6. The van der Waals surface area contributed by atoms with E-state index in [1.807, 2.05) is 43.3 Å². The summed E-state index contributed by atoms with van der Waals surface area (Å²) in [5.74, 6) is 1.09. The number of carbonyl (C=O) groups is 1. The van der Waals surface area contributed by atoms with Gasteiger partial charge in [-0.1, -0.05) is 48.9 Å². The monoisotopic (exact) mass is 282 g/mol. The van der Waals surface area contributed by atoms with Crippen molar-refractivity contribution in [2.24, 2.45) is 0 Å². The van der Waals surface area contributed by atoms with Crippen molar-refractivity contribution in [3.63, 3.8) is 0 Å². The first-order chi connectivity index (χ1) is 10.1. The smallest absolute Gasteiger partial charge is 0.140 e. The molecular weight excluding hydrogens is 260 g/mol. The zero-order chi connectivity index (χ0) is 15.2. The molecule has 0 aromatic heterocycles. The van der Waals surface area contributed by atoms with Crippen LogP contribution in [0, 0.1) is 6.92 Å². The Balaban J connectivity index is 1.92. The van der Waals surface area contributed by atoms with Crippen molar-refractivity contribution >= 4 is 5.78 Å². The first kappa shape index (κ1) is 15.3. The number of benzene rings is 2. The topological polar surface area (TPSA) is 26.3 Å². The Morgan fingerprint density at radius 2 is 1.67 bits per heavy atom. The number of hydrogen-bond donors (Lipinski definition) is 0. The molecule has 0 saturated carbocycles. The van der Waals surface area contributed by atoms with Gasteiger partial charge in [-0.15, -0.1) is 0 Å². The average Bonchev–Trinajstić information content (AvgIpc) is 2.53. The van der Waals surface area contributed by atoms with Crippen LogP contribution in [0.1, 0.15) is 36.0 Å². The molecule has 2 aromatic carbocycles. The van der Waals surface area contributed by atoms with E-state index in [9.17, 15) is 4.79 Å². The summed E-state index contributed by atoms with van der Waals surface area (Å²) in [6, 6.07) is 16.1.